The molecule has 9 heteroatoms. The lowest BCUT2D eigenvalue weighted by Crippen LogP contribution is -2.55. The fraction of sp³-hybridized carbons (Fsp3) is 0.350. The number of rotatable bonds is 5. The van der Waals surface area contributed by atoms with E-state index >= 15 is 0 Å². The molecule has 0 spiro atoms. The quantitative estimate of drug-likeness (QED) is 0.718. The maximum absolute atomic E-state index is 13.1. The number of anilines is 2. The molecule has 0 aromatic heterocycles. The number of halogens is 2. The molecule has 3 rings (SSSR count). The molecule has 0 aliphatic carbocycles. The van der Waals surface area contributed by atoms with Gasteiger partial charge in [0.1, 0.15) is 11.9 Å². The van der Waals surface area contributed by atoms with Crippen LogP contribution in [0.5, 0.6) is 0 Å². The molecular formula is C20H23ClFN3O3S. The van der Waals surface area contributed by atoms with Crippen LogP contribution in [0.1, 0.15) is 6.92 Å². The summed E-state index contributed by atoms with van der Waals surface area (Å²) in [5.74, 6) is -0.552. The molecule has 0 saturated carbocycles. The van der Waals surface area contributed by atoms with E-state index in [0.717, 1.165) is 16.2 Å². The smallest absolute Gasteiger partial charge is 0.246 e. The van der Waals surface area contributed by atoms with E-state index in [1.165, 1.54) is 12.1 Å². The van der Waals surface area contributed by atoms with Gasteiger partial charge in [-0.1, -0.05) is 11.6 Å². The number of piperazine rings is 1. The second kappa shape index (κ2) is 8.59. The SMILES string of the molecule is C[C@H](C(=O)N1CCN(c2ccc(F)cc2)CC1)N(c1ccc(Cl)cc1)S(C)(=O)=O. The van der Waals surface area contributed by atoms with E-state index in [1.54, 1.807) is 48.2 Å². The highest BCUT2D eigenvalue weighted by Gasteiger charge is 2.33. The topological polar surface area (TPSA) is 60.9 Å². The molecule has 6 nitrogen and oxygen atoms in total. The predicted octanol–water partition coefficient (Wildman–Crippen LogP) is 2.98. The summed E-state index contributed by atoms with van der Waals surface area (Å²) in [5.41, 5.74) is 1.29. The summed E-state index contributed by atoms with van der Waals surface area (Å²) in [5, 5.41) is 0.484. The minimum atomic E-state index is -3.67. The third kappa shape index (κ3) is 5.00. The van der Waals surface area contributed by atoms with Crippen molar-refractivity contribution in [2.24, 2.45) is 0 Å². The molecule has 1 saturated heterocycles. The fourth-order valence-corrected chi connectivity index (χ4v) is 4.79. The molecule has 2 aromatic carbocycles. The molecular weight excluding hydrogens is 417 g/mol. The standard InChI is InChI=1S/C20H23ClFN3O3S/c1-15(25(29(2,27)28)19-7-3-16(21)4-8-19)20(26)24-13-11-23(12-14-24)18-9-5-17(22)6-10-18/h3-10,15H,11-14H2,1-2H3/t15-/m1/s1. The zero-order valence-corrected chi connectivity index (χ0v) is 17.8. The molecule has 0 N–H and O–H groups in total. The van der Waals surface area contributed by atoms with E-state index in [9.17, 15) is 17.6 Å². The van der Waals surface area contributed by atoms with Gasteiger partial charge in [0, 0.05) is 36.9 Å². The molecule has 0 radical (unpaired) electrons. The van der Waals surface area contributed by atoms with Crippen LogP contribution in [0.15, 0.2) is 48.5 Å². The summed E-state index contributed by atoms with van der Waals surface area (Å²) in [6.45, 7) is 3.68. The number of carbonyl (C=O) groups is 1. The first-order valence-corrected chi connectivity index (χ1v) is 11.4. The summed E-state index contributed by atoms with van der Waals surface area (Å²) in [7, 11) is -3.67. The Hall–Kier alpha value is -2.32. The number of hydrogen-bond acceptors (Lipinski definition) is 4. The zero-order valence-electron chi connectivity index (χ0n) is 16.3. The highest BCUT2D eigenvalue weighted by molar-refractivity contribution is 7.92. The van der Waals surface area contributed by atoms with Crippen molar-refractivity contribution in [1.29, 1.82) is 0 Å². The molecule has 0 unspecified atom stereocenters. The summed E-state index contributed by atoms with van der Waals surface area (Å²) >= 11 is 5.90. The van der Waals surface area contributed by atoms with Gasteiger partial charge < -0.3 is 9.80 Å². The maximum atomic E-state index is 13.1. The van der Waals surface area contributed by atoms with Crippen LogP contribution in [0.2, 0.25) is 5.02 Å². The van der Waals surface area contributed by atoms with Crippen LogP contribution in [-0.4, -0.2) is 57.7 Å². The van der Waals surface area contributed by atoms with Crippen LogP contribution in [-0.2, 0) is 14.8 Å². The largest absolute Gasteiger partial charge is 0.368 e. The number of nitrogens with zero attached hydrogens (tertiary/aromatic N) is 3. The molecule has 1 heterocycles. The van der Waals surface area contributed by atoms with Crippen LogP contribution in [0.25, 0.3) is 0 Å². The highest BCUT2D eigenvalue weighted by Crippen LogP contribution is 2.24. The van der Waals surface area contributed by atoms with Gasteiger partial charge >= 0.3 is 0 Å². The lowest BCUT2D eigenvalue weighted by atomic mass is 10.2. The maximum Gasteiger partial charge on any atom is 0.246 e. The molecule has 1 aliphatic rings. The fourth-order valence-electron chi connectivity index (χ4n) is 3.49. The second-order valence-corrected chi connectivity index (χ2v) is 9.30. The van der Waals surface area contributed by atoms with Gasteiger partial charge in [-0.25, -0.2) is 12.8 Å². The van der Waals surface area contributed by atoms with E-state index in [2.05, 4.69) is 4.90 Å². The van der Waals surface area contributed by atoms with Gasteiger partial charge in [0.15, 0.2) is 0 Å². The first-order chi connectivity index (χ1) is 13.7. The average Bonchev–Trinajstić information content (AvgIpc) is 2.69. The van der Waals surface area contributed by atoms with Gasteiger partial charge in [-0.05, 0) is 55.5 Å². The molecule has 29 heavy (non-hydrogen) atoms. The van der Waals surface area contributed by atoms with Crippen LogP contribution < -0.4 is 9.21 Å². The van der Waals surface area contributed by atoms with Crippen LogP contribution in [0, 0.1) is 5.82 Å². The average molecular weight is 440 g/mol. The molecule has 1 aliphatic heterocycles. The van der Waals surface area contributed by atoms with Crippen molar-refractivity contribution in [1.82, 2.24) is 4.90 Å². The van der Waals surface area contributed by atoms with Crippen molar-refractivity contribution in [2.45, 2.75) is 13.0 Å². The monoisotopic (exact) mass is 439 g/mol. The highest BCUT2D eigenvalue weighted by atomic mass is 35.5. The minimum absolute atomic E-state index is 0.260. The lowest BCUT2D eigenvalue weighted by molar-refractivity contribution is -0.132. The Morgan fingerprint density at radius 1 is 1.03 bits per heavy atom. The molecule has 1 atom stereocenters. The van der Waals surface area contributed by atoms with Gasteiger partial charge in [-0.2, -0.15) is 0 Å². The van der Waals surface area contributed by atoms with Gasteiger partial charge in [-0.3, -0.25) is 9.10 Å². The number of hydrogen-bond donors (Lipinski definition) is 0. The molecule has 1 fully saturated rings. The molecule has 2 aromatic rings. The van der Waals surface area contributed by atoms with Crippen molar-refractivity contribution < 1.29 is 17.6 Å². The normalized spacial score (nSPS) is 15.9. The van der Waals surface area contributed by atoms with Gasteiger partial charge in [0.25, 0.3) is 0 Å². The number of benzene rings is 2. The van der Waals surface area contributed by atoms with Crippen molar-refractivity contribution >= 4 is 38.9 Å². The van der Waals surface area contributed by atoms with Crippen molar-refractivity contribution in [2.75, 3.05) is 41.6 Å². The Balaban J connectivity index is 1.71. The third-order valence-electron chi connectivity index (χ3n) is 4.93. The summed E-state index contributed by atoms with van der Waals surface area (Å²) in [4.78, 5) is 16.8. The number of amides is 1. The predicted molar refractivity (Wildman–Crippen MR) is 113 cm³/mol. The molecule has 1 amide bonds. The minimum Gasteiger partial charge on any atom is -0.368 e. The first kappa shape index (κ1) is 21.4. The summed E-state index contributed by atoms with van der Waals surface area (Å²) in [6, 6.07) is 11.7. The van der Waals surface area contributed by atoms with E-state index in [1.807, 2.05) is 0 Å². The Labute approximate surface area is 175 Å². The van der Waals surface area contributed by atoms with Crippen molar-refractivity contribution in [3.8, 4) is 0 Å². The van der Waals surface area contributed by atoms with Gasteiger partial charge in [0.2, 0.25) is 15.9 Å². The second-order valence-electron chi connectivity index (χ2n) is 7.00. The third-order valence-corrected chi connectivity index (χ3v) is 6.42. The van der Waals surface area contributed by atoms with Gasteiger partial charge in [-0.15, -0.1) is 0 Å². The Morgan fingerprint density at radius 2 is 1.59 bits per heavy atom. The Kier molecular flexibility index (Phi) is 6.33. The number of carbonyl (C=O) groups excluding carboxylic acids is 1. The number of sulfonamides is 1. The van der Waals surface area contributed by atoms with Crippen molar-refractivity contribution in [3.05, 3.63) is 59.4 Å². The lowest BCUT2D eigenvalue weighted by Gasteiger charge is -2.39. The van der Waals surface area contributed by atoms with Crippen molar-refractivity contribution in [3.63, 3.8) is 0 Å². The molecule has 0 bridgehead atoms. The Morgan fingerprint density at radius 3 is 2.10 bits per heavy atom. The summed E-state index contributed by atoms with van der Waals surface area (Å²) < 4.78 is 39.0. The van der Waals surface area contributed by atoms with Crippen LogP contribution in [0.4, 0.5) is 15.8 Å². The first-order valence-electron chi connectivity index (χ1n) is 9.21. The summed E-state index contributed by atoms with van der Waals surface area (Å²) in [6.07, 6.45) is 1.08. The van der Waals surface area contributed by atoms with E-state index in [0.29, 0.717) is 36.9 Å². The van der Waals surface area contributed by atoms with Crippen LogP contribution in [0.3, 0.4) is 0 Å². The molecule has 156 valence electrons. The van der Waals surface area contributed by atoms with E-state index < -0.39 is 16.1 Å². The van der Waals surface area contributed by atoms with E-state index in [-0.39, 0.29) is 11.7 Å². The Bertz CT molecular complexity index is 959. The van der Waals surface area contributed by atoms with Gasteiger partial charge in [0.05, 0.1) is 11.9 Å². The van der Waals surface area contributed by atoms with E-state index in [4.69, 9.17) is 11.6 Å². The zero-order chi connectivity index (χ0) is 21.2. The van der Waals surface area contributed by atoms with Crippen LogP contribution >= 0.6 is 11.6 Å².